The van der Waals surface area contributed by atoms with Crippen molar-refractivity contribution in [3.63, 3.8) is 0 Å². The van der Waals surface area contributed by atoms with E-state index in [9.17, 15) is 44.5 Å². The van der Waals surface area contributed by atoms with Gasteiger partial charge in [-0.3, -0.25) is 4.79 Å². The molecule has 0 N–H and O–H groups in total. The molecule has 0 saturated carbocycles. The van der Waals surface area contributed by atoms with Crippen LogP contribution in [-0.4, -0.2) is 17.2 Å². The molecule has 2 aromatic rings. The molecule has 27 heavy (non-hydrogen) atoms. The van der Waals surface area contributed by atoms with E-state index in [1.807, 2.05) is 0 Å². The average molecular weight is 401 g/mol. The highest BCUT2D eigenvalue weighted by molar-refractivity contribution is 6.01. The molecule has 0 saturated heterocycles. The predicted octanol–water partition coefficient (Wildman–Crippen LogP) is 5.42. The SMILES string of the molecule is O=C(c1cc(F)cc(Cc2ccc(F)c(C(F)(F)F)c2)c1)C(F)(F)N(F)F. The molecule has 11 heteroatoms. The van der Waals surface area contributed by atoms with Gasteiger partial charge in [0.15, 0.2) is 0 Å². The molecule has 0 heterocycles. The molecular formula is C16H8F9NO. The van der Waals surface area contributed by atoms with Crippen molar-refractivity contribution in [1.82, 2.24) is 5.34 Å². The van der Waals surface area contributed by atoms with Gasteiger partial charge in [0.2, 0.25) is 0 Å². The van der Waals surface area contributed by atoms with E-state index in [0.717, 1.165) is 6.07 Å². The summed E-state index contributed by atoms with van der Waals surface area (Å²) in [5, 5.41) is -2.64. The quantitative estimate of drug-likeness (QED) is 0.289. The third-order valence-corrected chi connectivity index (χ3v) is 3.45. The topological polar surface area (TPSA) is 20.3 Å². The molecule has 0 bridgehead atoms. The summed E-state index contributed by atoms with van der Waals surface area (Å²) < 4.78 is 115. The molecular weight excluding hydrogens is 393 g/mol. The van der Waals surface area contributed by atoms with E-state index in [0.29, 0.717) is 24.3 Å². The van der Waals surface area contributed by atoms with Crippen LogP contribution >= 0.6 is 0 Å². The Morgan fingerprint density at radius 2 is 1.52 bits per heavy atom. The number of alkyl halides is 5. The Hall–Kier alpha value is -2.56. The smallest absolute Gasteiger partial charge is 0.285 e. The Kier molecular flexibility index (Phi) is 5.55. The Morgan fingerprint density at radius 1 is 0.889 bits per heavy atom. The lowest BCUT2D eigenvalue weighted by molar-refractivity contribution is -0.304. The molecule has 2 aromatic carbocycles. The van der Waals surface area contributed by atoms with Gasteiger partial charge in [0.1, 0.15) is 11.6 Å². The zero-order valence-corrected chi connectivity index (χ0v) is 12.9. The van der Waals surface area contributed by atoms with Gasteiger partial charge in [-0.2, -0.15) is 22.0 Å². The minimum atomic E-state index is -5.22. The van der Waals surface area contributed by atoms with E-state index >= 15 is 0 Å². The first-order valence-electron chi connectivity index (χ1n) is 7.02. The number of carbonyl (C=O) groups excluding carboxylic acids is 1. The maximum atomic E-state index is 13.6. The number of carbonyl (C=O) groups is 1. The van der Waals surface area contributed by atoms with Gasteiger partial charge in [-0.15, -0.1) is 0 Å². The third kappa shape index (κ3) is 4.59. The molecule has 2 rings (SSSR count). The maximum absolute atomic E-state index is 13.6. The molecule has 0 spiro atoms. The van der Waals surface area contributed by atoms with Gasteiger partial charge < -0.3 is 0 Å². The molecule has 0 aliphatic heterocycles. The van der Waals surface area contributed by atoms with Gasteiger partial charge in [-0.05, 0) is 47.9 Å². The summed E-state index contributed by atoms with van der Waals surface area (Å²) in [7, 11) is 0. The summed E-state index contributed by atoms with van der Waals surface area (Å²) in [5.41, 5.74) is -3.12. The van der Waals surface area contributed by atoms with Crippen LogP contribution in [0.15, 0.2) is 36.4 Å². The van der Waals surface area contributed by atoms with E-state index in [4.69, 9.17) is 0 Å². The first kappa shape index (κ1) is 20.7. The number of benzene rings is 2. The molecule has 0 amide bonds. The van der Waals surface area contributed by atoms with Gasteiger partial charge in [0.05, 0.1) is 10.9 Å². The first-order valence-corrected chi connectivity index (χ1v) is 7.02. The number of nitrogens with zero attached hydrogens (tertiary/aromatic N) is 1. The van der Waals surface area contributed by atoms with Crippen LogP contribution in [0.1, 0.15) is 27.0 Å². The van der Waals surface area contributed by atoms with E-state index in [1.54, 1.807) is 0 Å². The van der Waals surface area contributed by atoms with Crippen molar-refractivity contribution in [1.29, 1.82) is 0 Å². The number of Topliss-reactive ketones (excluding diaryl/α,β-unsaturated/α-hetero) is 1. The molecule has 0 aliphatic rings. The van der Waals surface area contributed by atoms with Crippen molar-refractivity contribution < 1.29 is 44.5 Å². The van der Waals surface area contributed by atoms with Crippen LogP contribution in [0.3, 0.4) is 0 Å². The Balaban J connectivity index is 2.39. The van der Waals surface area contributed by atoms with Crippen LogP contribution < -0.4 is 0 Å². The van der Waals surface area contributed by atoms with Crippen molar-refractivity contribution in [2.24, 2.45) is 0 Å². The van der Waals surface area contributed by atoms with Crippen LogP contribution in [0, 0.1) is 11.6 Å². The van der Waals surface area contributed by atoms with E-state index in [2.05, 4.69) is 0 Å². The van der Waals surface area contributed by atoms with Gasteiger partial charge in [0.25, 0.3) is 5.78 Å². The lowest BCUT2D eigenvalue weighted by Crippen LogP contribution is -2.38. The van der Waals surface area contributed by atoms with E-state index in [-0.39, 0.29) is 17.2 Å². The molecule has 0 aromatic heterocycles. The summed E-state index contributed by atoms with van der Waals surface area (Å²) in [5.74, 6) is -5.19. The molecule has 0 atom stereocenters. The second-order valence-electron chi connectivity index (χ2n) is 5.44. The van der Waals surface area contributed by atoms with Crippen LogP contribution in [0.2, 0.25) is 0 Å². The average Bonchev–Trinajstić information content (AvgIpc) is 2.54. The van der Waals surface area contributed by atoms with Crippen molar-refractivity contribution >= 4 is 5.78 Å². The monoisotopic (exact) mass is 401 g/mol. The molecule has 0 unspecified atom stereocenters. The zero-order valence-electron chi connectivity index (χ0n) is 12.9. The molecule has 146 valence electrons. The third-order valence-electron chi connectivity index (χ3n) is 3.45. The fraction of sp³-hybridized carbons (Fsp3) is 0.188. The largest absolute Gasteiger partial charge is 0.420 e. The van der Waals surface area contributed by atoms with Crippen molar-refractivity contribution in [3.05, 3.63) is 70.3 Å². The highest BCUT2D eigenvalue weighted by Crippen LogP contribution is 2.32. The van der Waals surface area contributed by atoms with Crippen LogP contribution in [-0.2, 0) is 12.6 Å². The molecule has 0 fully saturated rings. The normalized spacial score (nSPS) is 12.5. The van der Waals surface area contributed by atoms with Crippen molar-refractivity contribution in [3.8, 4) is 0 Å². The second-order valence-corrected chi connectivity index (χ2v) is 5.44. The number of rotatable bonds is 5. The Morgan fingerprint density at radius 3 is 2.07 bits per heavy atom. The summed E-state index contributed by atoms with van der Waals surface area (Å²) >= 11 is 0. The highest BCUT2D eigenvalue weighted by atomic mass is 19.4. The van der Waals surface area contributed by atoms with Crippen LogP contribution in [0.4, 0.5) is 39.7 Å². The first-order chi connectivity index (χ1) is 12.3. The van der Waals surface area contributed by atoms with Crippen LogP contribution in [0.25, 0.3) is 0 Å². The molecule has 0 aliphatic carbocycles. The minimum absolute atomic E-state index is 0.169. The lowest BCUT2D eigenvalue weighted by atomic mass is 9.99. The fourth-order valence-electron chi connectivity index (χ4n) is 2.27. The maximum Gasteiger partial charge on any atom is 0.420 e. The van der Waals surface area contributed by atoms with E-state index < -0.39 is 52.5 Å². The standard InChI is InChI=1S/C16H8F9NO/c17-11-5-9(4-10(7-11)14(27)16(22,23)26(24)25)3-8-1-2-13(18)12(6-8)15(19,20)21/h1-2,4-7H,3H2. The summed E-state index contributed by atoms with van der Waals surface area (Å²) in [4.78, 5) is 11.5. The minimum Gasteiger partial charge on any atom is -0.285 e. The highest BCUT2D eigenvalue weighted by Gasteiger charge is 2.48. The fourth-order valence-corrected chi connectivity index (χ4v) is 2.27. The Bertz CT molecular complexity index is 861. The predicted molar refractivity (Wildman–Crippen MR) is 73.9 cm³/mol. The van der Waals surface area contributed by atoms with E-state index in [1.165, 1.54) is 0 Å². The molecule has 0 radical (unpaired) electrons. The second kappa shape index (κ2) is 7.22. The number of halogens is 9. The van der Waals surface area contributed by atoms with Crippen LogP contribution in [0.5, 0.6) is 0 Å². The lowest BCUT2D eigenvalue weighted by Gasteiger charge is -2.15. The molecule has 2 nitrogen and oxygen atoms in total. The number of hydrogen-bond donors (Lipinski definition) is 0. The zero-order chi connectivity index (χ0) is 20.6. The summed E-state index contributed by atoms with van der Waals surface area (Å²) in [6.45, 7) is 0. The van der Waals surface area contributed by atoms with Gasteiger partial charge in [-0.1, -0.05) is 15.0 Å². The summed E-state index contributed by atoms with van der Waals surface area (Å²) in [6, 6.07) is -1.69. The van der Waals surface area contributed by atoms with Gasteiger partial charge in [-0.25, -0.2) is 8.78 Å². The van der Waals surface area contributed by atoms with Gasteiger partial charge >= 0.3 is 12.2 Å². The van der Waals surface area contributed by atoms with Gasteiger partial charge in [0, 0.05) is 5.56 Å². The number of ketones is 1. The van der Waals surface area contributed by atoms with Crippen molar-refractivity contribution in [2.45, 2.75) is 18.6 Å². The number of hydrogen-bond acceptors (Lipinski definition) is 2. The summed E-state index contributed by atoms with van der Waals surface area (Å²) in [6.07, 6.45) is -5.50. The Labute approximate surface area is 145 Å². The van der Waals surface area contributed by atoms with Crippen molar-refractivity contribution in [2.75, 3.05) is 0 Å².